The van der Waals surface area contributed by atoms with Crippen LogP contribution in [-0.4, -0.2) is 69.6 Å². The summed E-state index contributed by atoms with van der Waals surface area (Å²) in [5, 5.41) is 36.6. The number of tetrazole rings is 1. The Labute approximate surface area is 245 Å². The van der Waals surface area contributed by atoms with Crippen molar-refractivity contribution in [3.8, 4) is 11.9 Å². The van der Waals surface area contributed by atoms with Crippen molar-refractivity contribution in [1.82, 2.24) is 40.0 Å². The Morgan fingerprint density at radius 1 is 1.30 bits per heavy atom. The number of nitrogens with two attached hydrogens (primary N) is 1. The molecule has 3 heterocycles. The molecule has 1 saturated carbocycles. The number of hydrogen-bond donors (Lipinski definition) is 3. The van der Waals surface area contributed by atoms with Crippen molar-refractivity contribution in [1.29, 1.82) is 5.26 Å². The van der Waals surface area contributed by atoms with E-state index in [9.17, 15) is 33.1 Å². The average molecular weight is 616 g/mol. The second-order valence-corrected chi connectivity index (χ2v) is 10.0. The molecule has 43 heavy (non-hydrogen) atoms. The summed E-state index contributed by atoms with van der Waals surface area (Å²) in [6, 6.07) is 8.61. The van der Waals surface area contributed by atoms with Crippen molar-refractivity contribution in [2.24, 2.45) is 11.8 Å². The number of nitrogens with zero attached hydrogens (tertiary/aromatic N) is 9. The molecule has 0 aliphatic heterocycles. The van der Waals surface area contributed by atoms with Crippen LogP contribution in [0.4, 0.5) is 18.9 Å². The number of amides is 2. The van der Waals surface area contributed by atoms with E-state index in [1.165, 1.54) is 30.5 Å². The Kier molecular flexibility index (Phi) is 7.84. The number of carbonyl (C=O) groups is 2. The van der Waals surface area contributed by atoms with Gasteiger partial charge in [-0.05, 0) is 54.5 Å². The standard InChI is InChI=1S/C25H21ClF3N11O3/c1-12-5-13(9-30)6-16(23(43)39(31)18-7-14(18)11-41)20(12)33-22(42)19-8-15(10-38-36-24(34-37-38)25(27,28)29)35-40(19)21-17(26)3-2-4-32-21/h2-6,8,14,18,41H,7,10-11,31H2,1H3,(H,33,42)/t14-,18+/m0/s1. The third-order valence-electron chi connectivity index (χ3n) is 6.59. The topological polar surface area (TPSA) is 194 Å². The number of hydrazine groups is 1. The first-order chi connectivity index (χ1) is 20.4. The predicted molar refractivity (Wildman–Crippen MR) is 141 cm³/mol. The molecule has 1 aromatic carbocycles. The quantitative estimate of drug-likeness (QED) is 0.150. The van der Waals surface area contributed by atoms with Crippen LogP contribution in [0.1, 0.15) is 49.9 Å². The molecule has 14 nitrogen and oxygen atoms in total. The molecule has 0 spiro atoms. The molecule has 0 unspecified atom stereocenters. The first kappa shape index (κ1) is 29.6. The molecule has 2 atom stereocenters. The lowest BCUT2D eigenvalue weighted by Crippen LogP contribution is -2.41. The lowest BCUT2D eigenvalue weighted by Gasteiger charge is -2.20. The summed E-state index contributed by atoms with van der Waals surface area (Å²) in [4.78, 5) is 31.9. The normalized spacial score (nSPS) is 16.0. The van der Waals surface area contributed by atoms with E-state index in [2.05, 4.69) is 30.8 Å². The maximum absolute atomic E-state index is 13.7. The van der Waals surface area contributed by atoms with Gasteiger partial charge in [0.2, 0.25) is 0 Å². The van der Waals surface area contributed by atoms with Gasteiger partial charge in [0.05, 0.1) is 39.6 Å². The molecule has 1 fully saturated rings. The third kappa shape index (κ3) is 6.02. The maximum atomic E-state index is 13.7. The van der Waals surface area contributed by atoms with Crippen molar-refractivity contribution in [3.05, 3.63) is 75.5 Å². The van der Waals surface area contributed by atoms with E-state index < -0.39 is 36.4 Å². The van der Waals surface area contributed by atoms with Gasteiger partial charge in [-0.3, -0.25) is 14.6 Å². The van der Waals surface area contributed by atoms with Crippen molar-refractivity contribution in [2.75, 3.05) is 11.9 Å². The van der Waals surface area contributed by atoms with Crippen LogP contribution in [0.15, 0.2) is 36.5 Å². The SMILES string of the molecule is Cc1cc(C#N)cc(C(=O)N(N)[C@@H]2C[C@H]2CO)c1NC(=O)c1cc(Cn2nnc(C(F)(F)F)n2)nn1-c1ncccc1Cl. The Morgan fingerprint density at radius 2 is 2.07 bits per heavy atom. The van der Waals surface area contributed by atoms with Crippen LogP contribution < -0.4 is 11.2 Å². The molecule has 2 amide bonds. The van der Waals surface area contributed by atoms with Crippen molar-refractivity contribution >= 4 is 29.1 Å². The monoisotopic (exact) mass is 615 g/mol. The minimum Gasteiger partial charge on any atom is -0.396 e. The van der Waals surface area contributed by atoms with Gasteiger partial charge < -0.3 is 10.4 Å². The summed E-state index contributed by atoms with van der Waals surface area (Å²) in [7, 11) is 0. The van der Waals surface area contributed by atoms with E-state index >= 15 is 0 Å². The number of aromatic nitrogens is 7. The molecular formula is C25H21ClF3N11O3. The molecule has 1 aliphatic rings. The van der Waals surface area contributed by atoms with E-state index in [1.807, 2.05) is 6.07 Å². The number of anilines is 1. The van der Waals surface area contributed by atoms with Crippen LogP contribution in [0.2, 0.25) is 5.02 Å². The summed E-state index contributed by atoms with van der Waals surface area (Å²) >= 11 is 6.31. The zero-order valence-corrected chi connectivity index (χ0v) is 22.9. The van der Waals surface area contributed by atoms with Crippen LogP contribution in [0, 0.1) is 24.2 Å². The number of aliphatic hydroxyl groups excluding tert-OH is 1. The molecule has 3 aromatic heterocycles. The number of benzene rings is 1. The summed E-state index contributed by atoms with van der Waals surface area (Å²) < 4.78 is 39.9. The number of aryl methyl sites for hydroxylation is 1. The highest BCUT2D eigenvalue weighted by molar-refractivity contribution is 6.32. The number of pyridine rings is 1. The molecule has 0 bridgehead atoms. The van der Waals surface area contributed by atoms with Gasteiger partial charge in [-0.15, -0.1) is 10.2 Å². The molecule has 4 aromatic rings. The number of hydrogen-bond acceptors (Lipinski definition) is 10. The van der Waals surface area contributed by atoms with Crippen molar-refractivity contribution in [3.63, 3.8) is 0 Å². The molecule has 0 radical (unpaired) electrons. The lowest BCUT2D eigenvalue weighted by atomic mass is 10.0. The van der Waals surface area contributed by atoms with Gasteiger partial charge in [0.15, 0.2) is 5.82 Å². The summed E-state index contributed by atoms with van der Waals surface area (Å²) in [6.45, 7) is 1.03. The van der Waals surface area contributed by atoms with E-state index in [-0.39, 0.29) is 51.6 Å². The van der Waals surface area contributed by atoms with Crippen LogP contribution >= 0.6 is 11.6 Å². The molecule has 4 N–H and O–H groups in total. The number of carbonyl (C=O) groups excluding carboxylic acids is 2. The number of aliphatic hydroxyl groups is 1. The fourth-order valence-electron chi connectivity index (χ4n) is 4.35. The molecule has 18 heteroatoms. The summed E-state index contributed by atoms with van der Waals surface area (Å²) in [5.74, 6) is 2.97. The number of rotatable bonds is 8. The highest BCUT2D eigenvalue weighted by Crippen LogP contribution is 2.35. The van der Waals surface area contributed by atoms with Crippen LogP contribution in [0.5, 0.6) is 0 Å². The molecule has 5 rings (SSSR count). The zero-order chi connectivity index (χ0) is 31.1. The first-order valence-electron chi connectivity index (χ1n) is 12.5. The Bertz CT molecular complexity index is 1760. The second-order valence-electron chi connectivity index (χ2n) is 9.62. The van der Waals surface area contributed by atoms with Crippen molar-refractivity contribution < 1.29 is 27.9 Å². The number of halogens is 4. The summed E-state index contributed by atoms with van der Waals surface area (Å²) in [6.07, 6.45) is -2.92. The second kappa shape index (κ2) is 11.4. The Hall–Kier alpha value is -4.92. The fourth-order valence-corrected chi connectivity index (χ4v) is 4.56. The molecule has 1 aliphatic carbocycles. The van der Waals surface area contributed by atoms with Gasteiger partial charge in [0.25, 0.3) is 17.6 Å². The van der Waals surface area contributed by atoms with E-state index in [1.54, 1.807) is 13.0 Å². The first-order valence-corrected chi connectivity index (χ1v) is 12.9. The van der Waals surface area contributed by atoms with Crippen LogP contribution in [0.3, 0.4) is 0 Å². The van der Waals surface area contributed by atoms with Gasteiger partial charge in [-0.25, -0.2) is 15.5 Å². The predicted octanol–water partition coefficient (Wildman–Crippen LogP) is 2.10. The van der Waals surface area contributed by atoms with Crippen LogP contribution in [0.25, 0.3) is 5.82 Å². The highest BCUT2D eigenvalue weighted by atomic mass is 35.5. The largest absolute Gasteiger partial charge is 0.455 e. The molecule has 0 saturated heterocycles. The maximum Gasteiger partial charge on any atom is 0.455 e. The smallest absolute Gasteiger partial charge is 0.396 e. The van der Waals surface area contributed by atoms with Gasteiger partial charge in [0.1, 0.15) is 12.2 Å². The Morgan fingerprint density at radius 3 is 2.70 bits per heavy atom. The van der Waals surface area contributed by atoms with E-state index in [4.69, 9.17) is 17.4 Å². The van der Waals surface area contributed by atoms with Gasteiger partial charge >= 0.3 is 6.18 Å². The molecular weight excluding hydrogens is 595 g/mol. The molecule has 222 valence electrons. The van der Waals surface area contributed by atoms with Gasteiger partial charge in [0, 0.05) is 18.7 Å². The average Bonchev–Trinajstić information content (AvgIpc) is 3.39. The zero-order valence-electron chi connectivity index (χ0n) is 22.1. The number of nitriles is 1. The number of alkyl halides is 3. The minimum absolute atomic E-state index is 0.0351. The highest BCUT2D eigenvalue weighted by Gasteiger charge is 2.43. The third-order valence-corrected chi connectivity index (χ3v) is 6.88. The lowest BCUT2D eigenvalue weighted by molar-refractivity contribution is -0.145. The Balaban J connectivity index is 1.52. The van der Waals surface area contributed by atoms with Crippen molar-refractivity contribution in [2.45, 2.75) is 32.1 Å². The van der Waals surface area contributed by atoms with E-state index in [0.29, 0.717) is 16.8 Å². The van der Waals surface area contributed by atoms with Crippen LogP contribution in [-0.2, 0) is 12.7 Å². The van der Waals surface area contributed by atoms with E-state index in [0.717, 1.165) is 9.69 Å². The summed E-state index contributed by atoms with van der Waals surface area (Å²) in [5.41, 5.74) is 0.411. The fraction of sp³-hybridized carbons (Fsp3) is 0.280. The van der Waals surface area contributed by atoms with Gasteiger partial charge in [-0.1, -0.05) is 11.6 Å². The van der Waals surface area contributed by atoms with Gasteiger partial charge in [-0.2, -0.15) is 28.3 Å². The minimum atomic E-state index is -4.81. The number of nitrogens with one attached hydrogen (secondary N) is 1.